The molecule has 162 valence electrons. The summed E-state index contributed by atoms with van der Waals surface area (Å²) in [4.78, 5) is 0. The molecule has 0 amide bonds. The number of hydrogen-bond donors (Lipinski definition) is 1. The van der Waals surface area contributed by atoms with Crippen molar-refractivity contribution in [2.45, 2.75) is 76.9 Å². The Hall–Kier alpha value is -1.99. The lowest BCUT2D eigenvalue weighted by Gasteiger charge is -2.46. The summed E-state index contributed by atoms with van der Waals surface area (Å²) in [6.45, 7) is 11.4. The van der Waals surface area contributed by atoms with Crippen molar-refractivity contribution >= 4 is 16.9 Å². The van der Waals surface area contributed by atoms with Gasteiger partial charge in [0, 0.05) is 29.9 Å². The van der Waals surface area contributed by atoms with E-state index in [-0.39, 0.29) is 16.6 Å². The van der Waals surface area contributed by atoms with Crippen LogP contribution in [-0.4, -0.2) is 38.2 Å². The number of hydrogen-bond acceptors (Lipinski definition) is 6. The van der Waals surface area contributed by atoms with E-state index in [0.717, 1.165) is 47.0 Å². The lowest BCUT2D eigenvalue weighted by Crippen LogP contribution is -2.58. The van der Waals surface area contributed by atoms with Gasteiger partial charge in [0.25, 0.3) is 0 Å². The van der Waals surface area contributed by atoms with E-state index in [0.29, 0.717) is 5.92 Å². The summed E-state index contributed by atoms with van der Waals surface area (Å²) >= 11 is 1.70. The van der Waals surface area contributed by atoms with Crippen LogP contribution < -0.4 is 5.32 Å². The summed E-state index contributed by atoms with van der Waals surface area (Å²) in [6.07, 6.45) is 12.3. The van der Waals surface area contributed by atoms with Gasteiger partial charge in [-0.25, -0.2) is 0 Å². The Bertz CT molecular complexity index is 940. The molecule has 2 aromatic rings. The smallest absolute Gasteiger partial charge is 0.151 e. The van der Waals surface area contributed by atoms with Gasteiger partial charge in [-0.1, -0.05) is 17.4 Å². The minimum Gasteiger partial charge on any atom is -0.496 e. The highest BCUT2D eigenvalue weighted by atomic mass is 32.1. The van der Waals surface area contributed by atoms with Gasteiger partial charge in [-0.3, -0.25) is 4.68 Å². The molecule has 1 fully saturated rings. The minimum atomic E-state index is -0.238. The van der Waals surface area contributed by atoms with Crippen LogP contribution in [0.2, 0.25) is 0 Å². The molecule has 6 nitrogen and oxygen atoms in total. The molecule has 1 saturated heterocycles. The Labute approximate surface area is 183 Å². The van der Waals surface area contributed by atoms with Gasteiger partial charge in [0.05, 0.1) is 18.2 Å². The summed E-state index contributed by atoms with van der Waals surface area (Å²) < 4.78 is 7.73. The molecule has 0 aromatic carbocycles. The first kappa shape index (κ1) is 21.2. The van der Waals surface area contributed by atoms with Gasteiger partial charge in [-0.15, -0.1) is 10.2 Å². The first-order valence-electron chi connectivity index (χ1n) is 10.7. The van der Waals surface area contributed by atoms with E-state index in [1.807, 2.05) is 23.1 Å². The van der Waals surface area contributed by atoms with Crippen LogP contribution in [0.3, 0.4) is 0 Å². The molecule has 1 unspecified atom stereocenters. The summed E-state index contributed by atoms with van der Waals surface area (Å²) in [5.74, 6) is 1.45. The molecule has 7 heteroatoms. The Kier molecular flexibility index (Phi) is 5.39. The summed E-state index contributed by atoms with van der Waals surface area (Å²) in [5, 5.41) is 19.3. The first-order chi connectivity index (χ1) is 14.1. The van der Waals surface area contributed by atoms with E-state index in [1.54, 1.807) is 18.4 Å². The molecular formula is C23H33N5OS. The van der Waals surface area contributed by atoms with Crippen molar-refractivity contribution in [3.63, 3.8) is 0 Å². The Morgan fingerprint density at radius 2 is 1.90 bits per heavy atom. The number of nitrogens with one attached hydrogen (secondary N) is 1. The van der Waals surface area contributed by atoms with Crippen molar-refractivity contribution in [3.8, 4) is 0 Å². The number of allylic oxidation sites excluding steroid dienone is 3. The zero-order chi connectivity index (χ0) is 21.6. The number of nitrogens with zero attached hydrogens (tertiary/aromatic N) is 4. The molecule has 4 rings (SSSR count). The normalized spacial score (nSPS) is 26.2. The number of rotatable bonds is 5. The minimum absolute atomic E-state index is 0.148. The lowest BCUT2D eigenvalue weighted by atomic mass is 9.75. The maximum atomic E-state index is 5.75. The van der Waals surface area contributed by atoms with E-state index in [1.165, 1.54) is 0 Å². The molecule has 1 aliphatic carbocycles. The highest BCUT2D eigenvalue weighted by molar-refractivity contribution is 7.12. The molecule has 2 aliphatic rings. The van der Waals surface area contributed by atoms with E-state index >= 15 is 0 Å². The molecule has 1 atom stereocenters. The highest BCUT2D eigenvalue weighted by Gasteiger charge is 2.38. The van der Waals surface area contributed by atoms with Crippen LogP contribution in [0.15, 0.2) is 36.4 Å². The van der Waals surface area contributed by atoms with Crippen molar-refractivity contribution in [3.05, 3.63) is 46.4 Å². The van der Waals surface area contributed by atoms with Gasteiger partial charge in [-0.05, 0) is 71.9 Å². The maximum absolute atomic E-state index is 5.75. The molecular weight excluding hydrogens is 394 g/mol. The second-order valence-electron chi connectivity index (χ2n) is 10.2. The van der Waals surface area contributed by atoms with Crippen molar-refractivity contribution in [1.29, 1.82) is 0 Å². The predicted molar refractivity (Wildman–Crippen MR) is 121 cm³/mol. The number of aromatic nitrogens is 4. The molecule has 1 aliphatic heterocycles. The van der Waals surface area contributed by atoms with Crippen LogP contribution in [0.1, 0.15) is 63.9 Å². The monoisotopic (exact) mass is 427 g/mol. The summed E-state index contributed by atoms with van der Waals surface area (Å²) in [5.41, 5.74) is 1.10. The average Bonchev–Trinajstić information content (AvgIpc) is 3.31. The predicted octanol–water partition coefficient (Wildman–Crippen LogP) is 4.57. The fourth-order valence-corrected chi connectivity index (χ4v) is 6.29. The van der Waals surface area contributed by atoms with Crippen molar-refractivity contribution in [1.82, 2.24) is 25.3 Å². The van der Waals surface area contributed by atoms with Crippen LogP contribution in [0.25, 0.3) is 5.57 Å². The lowest BCUT2D eigenvalue weighted by molar-refractivity contribution is 0.128. The van der Waals surface area contributed by atoms with Crippen molar-refractivity contribution < 1.29 is 4.74 Å². The third-order valence-electron chi connectivity index (χ3n) is 6.11. The average molecular weight is 428 g/mol. The Morgan fingerprint density at radius 3 is 2.53 bits per heavy atom. The zero-order valence-corrected chi connectivity index (χ0v) is 19.7. The van der Waals surface area contributed by atoms with E-state index in [4.69, 9.17) is 4.74 Å². The molecule has 0 bridgehead atoms. The molecule has 0 radical (unpaired) electrons. The SMILES string of the molecule is COC1=CC(C)(n2cccn2)CC=C1c1nnc(CC2CC(C)(C)NC(C)(C)C2)s1. The molecule has 0 spiro atoms. The van der Waals surface area contributed by atoms with Crippen LogP contribution in [0.4, 0.5) is 0 Å². The van der Waals surface area contributed by atoms with Gasteiger partial charge < -0.3 is 10.1 Å². The Balaban J connectivity index is 1.52. The van der Waals surface area contributed by atoms with Gasteiger partial charge in [0.2, 0.25) is 0 Å². The number of ether oxygens (including phenoxy) is 1. The van der Waals surface area contributed by atoms with Gasteiger partial charge in [-0.2, -0.15) is 5.10 Å². The third-order valence-corrected chi connectivity index (χ3v) is 7.09. The molecule has 1 N–H and O–H groups in total. The molecule has 30 heavy (non-hydrogen) atoms. The quantitative estimate of drug-likeness (QED) is 0.757. The largest absolute Gasteiger partial charge is 0.496 e. The third kappa shape index (κ3) is 4.37. The first-order valence-corrected chi connectivity index (χ1v) is 11.5. The van der Waals surface area contributed by atoms with Crippen LogP contribution in [-0.2, 0) is 16.7 Å². The second kappa shape index (κ2) is 7.61. The number of methoxy groups -OCH3 is 1. The maximum Gasteiger partial charge on any atom is 0.151 e. The molecule has 0 saturated carbocycles. The van der Waals surface area contributed by atoms with Gasteiger partial charge in [0.15, 0.2) is 5.01 Å². The standard InChI is InChI=1S/C23H33N5OS/c1-21(2)13-16(14-22(3,4)27-21)12-19-25-26-20(30-19)17-8-9-23(5,15-18(17)29-6)28-11-7-10-24-28/h7-8,10-11,15-16,27H,9,12-14H2,1-6H3. The van der Waals surface area contributed by atoms with E-state index in [2.05, 4.69) is 67.4 Å². The molecule has 3 heterocycles. The zero-order valence-electron chi connectivity index (χ0n) is 18.9. The highest BCUT2D eigenvalue weighted by Crippen LogP contribution is 2.39. The van der Waals surface area contributed by atoms with E-state index in [9.17, 15) is 0 Å². The van der Waals surface area contributed by atoms with Crippen molar-refractivity contribution in [2.24, 2.45) is 5.92 Å². The van der Waals surface area contributed by atoms with E-state index < -0.39 is 0 Å². The molecule has 2 aromatic heterocycles. The van der Waals surface area contributed by atoms with Gasteiger partial charge in [0.1, 0.15) is 10.8 Å². The van der Waals surface area contributed by atoms with Crippen LogP contribution in [0.5, 0.6) is 0 Å². The fraction of sp³-hybridized carbons (Fsp3) is 0.609. The van der Waals surface area contributed by atoms with Crippen LogP contribution >= 0.6 is 11.3 Å². The van der Waals surface area contributed by atoms with Gasteiger partial charge >= 0.3 is 0 Å². The number of piperidine rings is 1. The summed E-state index contributed by atoms with van der Waals surface area (Å²) in [6, 6.07) is 1.95. The van der Waals surface area contributed by atoms with Crippen LogP contribution in [0, 0.1) is 5.92 Å². The second-order valence-corrected chi connectivity index (χ2v) is 11.3. The summed E-state index contributed by atoms with van der Waals surface area (Å²) in [7, 11) is 1.72. The Morgan fingerprint density at radius 1 is 1.17 bits per heavy atom. The fourth-order valence-electron chi connectivity index (χ4n) is 5.29. The topological polar surface area (TPSA) is 64.9 Å². The van der Waals surface area contributed by atoms with Crippen molar-refractivity contribution in [2.75, 3.05) is 7.11 Å².